The van der Waals surface area contributed by atoms with Gasteiger partial charge in [-0.25, -0.2) is 4.98 Å². The smallest absolute Gasteiger partial charge is 0.321 e. The van der Waals surface area contributed by atoms with E-state index in [2.05, 4.69) is 10.3 Å². The predicted octanol–water partition coefficient (Wildman–Crippen LogP) is 1.99. The van der Waals surface area contributed by atoms with Gasteiger partial charge in [-0.15, -0.1) is 0 Å². The van der Waals surface area contributed by atoms with Gasteiger partial charge in [-0.1, -0.05) is 0 Å². The lowest BCUT2D eigenvalue weighted by Gasteiger charge is -2.14. The molecular weight excluding hydrogens is 322 g/mol. The lowest BCUT2D eigenvalue weighted by atomic mass is 10.0. The van der Waals surface area contributed by atoms with Gasteiger partial charge in [0.25, 0.3) is 0 Å². The number of nitrogens with zero attached hydrogens (tertiary/aromatic N) is 2. The number of hydrogen-bond donors (Lipinski definition) is 2. The monoisotopic (exact) mass is 345 g/mol. The summed E-state index contributed by atoms with van der Waals surface area (Å²) < 4.78 is 7.25. The maximum atomic E-state index is 12.3. The molecule has 7 nitrogen and oxygen atoms in total. The number of imidazole rings is 1. The summed E-state index contributed by atoms with van der Waals surface area (Å²) >= 11 is 0. The SMILES string of the molecule is CCOc1ccc(C(=O)C[C@H](NCCCn2ccnc2)C(=O)O)cc1. The number of aryl methyl sites for hydroxylation is 1. The number of Topliss-reactive ketones (excluding diaryl/α,β-unsaturated/α-hetero) is 1. The first-order valence-electron chi connectivity index (χ1n) is 8.28. The van der Waals surface area contributed by atoms with Gasteiger partial charge in [-0.3, -0.25) is 9.59 Å². The molecule has 0 bridgehead atoms. The third-order valence-electron chi connectivity index (χ3n) is 3.72. The molecule has 0 radical (unpaired) electrons. The molecule has 0 saturated carbocycles. The number of ketones is 1. The fourth-order valence-corrected chi connectivity index (χ4v) is 2.41. The molecule has 1 heterocycles. The van der Waals surface area contributed by atoms with Crippen LogP contribution in [0.15, 0.2) is 43.0 Å². The highest BCUT2D eigenvalue weighted by Gasteiger charge is 2.21. The topological polar surface area (TPSA) is 93.5 Å². The minimum atomic E-state index is -1.03. The minimum Gasteiger partial charge on any atom is -0.494 e. The van der Waals surface area contributed by atoms with Gasteiger partial charge in [-0.05, 0) is 44.2 Å². The summed E-state index contributed by atoms with van der Waals surface area (Å²) in [4.78, 5) is 27.6. The Morgan fingerprint density at radius 3 is 2.68 bits per heavy atom. The summed E-state index contributed by atoms with van der Waals surface area (Å²) in [5, 5.41) is 12.3. The van der Waals surface area contributed by atoms with Crippen molar-refractivity contribution in [3.8, 4) is 5.75 Å². The number of carbonyl (C=O) groups is 2. The number of nitrogens with one attached hydrogen (secondary N) is 1. The van der Waals surface area contributed by atoms with Crippen LogP contribution in [0, 0.1) is 0 Å². The molecule has 1 aromatic carbocycles. The molecule has 2 N–H and O–H groups in total. The normalized spacial score (nSPS) is 11.9. The second kappa shape index (κ2) is 9.58. The number of ether oxygens (including phenoxy) is 1. The van der Waals surface area contributed by atoms with E-state index in [1.54, 1.807) is 36.8 Å². The van der Waals surface area contributed by atoms with Crippen molar-refractivity contribution in [3.63, 3.8) is 0 Å². The Labute approximate surface area is 146 Å². The maximum absolute atomic E-state index is 12.3. The summed E-state index contributed by atoms with van der Waals surface area (Å²) in [6.45, 7) is 3.68. The number of aliphatic carboxylic acids is 1. The van der Waals surface area contributed by atoms with Crippen molar-refractivity contribution in [2.24, 2.45) is 0 Å². The van der Waals surface area contributed by atoms with Crippen molar-refractivity contribution in [2.45, 2.75) is 32.4 Å². The van der Waals surface area contributed by atoms with E-state index in [0.29, 0.717) is 24.5 Å². The first kappa shape index (κ1) is 18.7. The number of aromatic nitrogens is 2. The fourth-order valence-electron chi connectivity index (χ4n) is 2.41. The van der Waals surface area contributed by atoms with Crippen molar-refractivity contribution in [1.82, 2.24) is 14.9 Å². The van der Waals surface area contributed by atoms with Crippen LogP contribution >= 0.6 is 0 Å². The summed E-state index contributed by atoms with van der Waals surface area (Å²) in [5.41, 5.74) is 0.481. The van der Waals surface area contributed by atoms with E-state index in [9.17, 15) is 14.7 Å². The van der Waals surface area contributed by atoms with Crippen LogP contribution in [0.4, 0.5) is 0 Å². The van der Waals surface area contributed by atoms with Gasteiger partial charge < -0.3 is 19.7 Å². The Balaban J connectivity index is 1.82. The molecule has 0 fully saturated rings. The Kier molecular flexibility index (Phi) is 7.16. The van der Waals surface area contributed by atoms with Crippen LogP contribution in [0.2, 0.25) is 0 Å². The molecule has 7 heteroatoms. The van der Waals surface area contributed by atoms with E-state index in [-0.39, 0.29) is 12.2 Å². The lowest BCUT2D eigenvalue weighted by molar-refractivity contribution is -0.139. The van der Waals surface area contributed by atoms with Gasteiger partial charge in [0, 0.05) is 30.9 Å². The predicted molar refractivity (Wildman–Crippen MR) is 92.8 cm³/mol. The molecule has 134 valence electrons. The highest BCUT2D eigenvalue weighted by molar-refractivity contribution is 5.98. The molecular formula is C18H23N3O4. The van der Waals surface area contributed by atoms with Crippen LogP contribution < -0.4 is 10.1 Å². The average molecular weight is 345 g/mol. The molecule has 0 spiro atoms. The zero-order valence-electron chi connectivity index (χ0n) is 14.2. The molecule has 1 aromatic heterocycles. The van der Waals surface area contributed by atoms with Gasteiger partial charge in [0.1, 0.15) is 11.8 Å². The van der Waals surface area contributed by atoms with E-state index in [1.165, 1.54) is 0 Å². The summed E-state index contributed by atoms with van der Waals surface area (Å²) in [7, 11) is 0. The summed E-state index contributed by atoms with van der Waals surface area (Å²) in [6, 6.07) is 5.84. The number of carbonyl (C=O) groups excluding carboxylic acids is 1. The van der Waals surface area contributed by atoms with E-state index in [1.807, 2.05) is 17.7 Å². The van der Waals surface area contributed by atoms with Crippen molar-refractivity contribution in [2.75, 3.05) is 13.2 Å². The molecule has 0 aliphatic rings. The Morgan fingerprint density at radius 2 is 2.08 bits per heavy atom. The average Bonchev–Trinajstić information content (AvgIpc) is 3.11. The largest absolute Gasteiger partial charge is 0.494 e. The third kappa shape index (κ3) is 6.04. The summed E-state index contributed by atoms with van der Waals surface area (Å²) in [6.07, 6.45) is 5.92. The van der Waals surface area contributed by atoms with Crippen molar-refractivity contribution in [3.05, 3.63) is 48.5 Å². The lowest BCUT2D eigenvalue weighted by Crippen LogP contribution is -2.39. The molecule has 2 aromatic rings. The minimum absolute atomic E-state index is 0.0889. The van der Waals surface area contributed by atoms with Crippen molar-refractivity contribution in [1.29, 1.82) is 0 Å². The number of benzene rings is 1. The third-order valence-corrected chi connectivity index (χ3v) is 3.72. The molecule has 0 unspecified atom stereocenters. The molecule has 0 aliphatic heterocycles. The number of carboxylic acid groups (broad SMARTS) is 1. The number of carboxylic acids is 1. The number of rotatable bonds is 11. The standard InChI is InChI=1S/C18H23N3O4/c1-2-25-15-6-4-14(5-7-15)17(22)12-16(18(23)24)20-8-3-10-21-11-9-19-13-21/h4-7,9,11,13,16,20H,2-3,8,10,12H2,1H3,(H,23,24)/t16-/m0/s1. The van der Waals surface area contributed by atoms with E-state index >= 15 is 0 Å². The van der Waals surface area contributed by atoms with Crippen LogP contribution in [0.1, 0.15) is 30.1 Å². The first-order chi connectivity index (χ1) is 12.1. The Morgan fingerprint density at radius 1 is 1.32 bits per heavy atom. The van der Waals surface area contributed by atoms with Gasteiger partial charge in [-0.2, -0.15) is 0 Å². The van der Waals surface area contributed by atoms with Crippen molar-refractivity contribution >= 4 is 11.8 Å². The zero-order valence-corrected chi connectivity index (χ0v) is 14.2. The number of hydrogen-bond acceptors (Lipinski definition) is 5. The highest BCUT2D eigenvalue weighted by atomic mass is 16.5. The van der Waals surface area contributed by atoms with Crippen molar-refractivity contribution < 1.29 is 19.4 Å². The first-order valence-corrected chi connectivity index (χ1v) is 8.28. The van der Waals surface area contributed by atoms with Gasteiger partial charge in [0.2, 0.25) is 0 Å². The molecule has 25 heavy (non-hydrogen) atoms. The van der Waals surface area contributed by atoms with Gasteiger partial charge in [0.05, 0.1) is 12.9 Å². The molecule has 0 amide bonds. The molecule has 0 saturated heterocycles. The highest BCUT2D eigenvalue weighted by Crippen LogP contribution is 2.14. The zero-order chi connectivity index (χ0) is 18.1. The summed E-state index contributed by atoms with van der Waals surface area (Å²) in [5.74, 6) is -0.550. The van der Waals surface area contributed by atoms with Crippen LogP contribution in [0.5, 0.6) is 5.75 Å². The second-order valence-electron chi connectivity index (χ2n) is 5.58. The maximum Gasteiger partial charge on any atom is 0.321 e. The quantitative estimate of drug-likeness (QED) is 0.478. The molecule has 0 aliphatic carbocycles. The Hall–Kier alpha value is -2.67. The van der Waals surface area contributed by atoms with Gasteiger partial charge in [0.15, 0.2) is 5.78 Å². The van der Waals surface area contributed by atoms with Crippen LogP contribution in [0.25, 0.3) is 0 Å². The molecule has 2 rings (SSSR count). The van der Waals surface area contributed by atoms with Crippen LogP contribution in [-0.2, 0) is 11.3 Å². The van der Waals surface area contributed by atoms with Crippen LogP contribution in [-0.4, -0.2) is 45.6 Å². The Bertz CT molecular complexity index is 668. The second-order valence-corrected chi connectivity index (χ2v) is 5.58. The van der Waals surface area contributed by atoms with Gasteiger partial charge >= 0.3 is 5.97 Å². The van der Waals surface area contributed by atoms with Crippen LogP contribution in [0.3, 0.4) is 0 Å². The fraction of sp³-hybridized carbons (Fsp3) is 0.389. The molecule has 1 atom stereocenters. The van der Waals surface area contributed by atoms with E-state index < -0.39 is 12.0 Å². The van der Waals surface area contributed by atoms with E-state index in [4.69, 9.17) is 4.74 Å². The van der Waals surface area contributed by atoms with E-state index in [0.717, 1.165) is 13.0 Å².